The summed E-state index contributed by atoms with van der Waals surface area (Å²) in [4.78, 5) is 15.3. The van der Waals surface area contributed by atoms with Crippen LogP contribution in [0.4, 0.5) is 0 Å². The summed E-state index contributed by atoms with van der Waals surface area (Å²) in [6.45, 7) is 10.3. The van der Waals surface area contributed by atoms with Gasteiger partial charge in [0.15, 0.2) is 5.82 Å². The summed E-state index contributed by atoms with van der Waals surface area (Å²) in [5.41, 5.74) is -1.92. The number of carbonyl (C=O) groups is 1. The molecule has 0 aromatic carbocycles. The van der Waals surface area contributed by atoms with Crippen LogP contribution in [0.1, 0.15) is 53.3 Å². The molecule has 0 radical (unpaired) electrons. The van der Waals surface area contributed by atoms with E-state index >= 15 is 0 Å². The van der Waals surface area contributed by atoms with Gasteiger partial charge >= 0.3 is 0 Å². The van der Waals surface area contributed by atoms with Crippen LogP contribution in [0.2, 0.25) is 0 Å². The van der Waals surface area contributed by atoms with E-state index in [1.807, 2.05) is 13.8 Å². The number of hydrogen-bond donors (Lipinski definition) is 2. The summed E-state index contributed by atoms with van der Waals surface area (Å²) in [6, 6.07) is 0. The SMILES string of the molecule is CC(=O)NC(C)(C)c1noc([C@](C)(O)C(C)C)n1. The Labute approximate surface area is 107 Å². The molecule has 6 nitrogen and oxygen atoms in total. The molecule has 0 spiro atoms. The van der Waals surface area contributed by atoms with Gasteiger partial charge in [0.05, 0.1) is 5.54 Å². The third-order valence-corrected chi connectivity index (χ3v) is 3.03. The fraction of sp³-hybridized carbons (Fsp3) is 0.750. The highest BCUT2D eigenvalue weighted by Gasteiger charge is 2.36. The van der Waals surface area contributed by atoms with E-state index in [-0.39, 0.29) is 17.7 Å². The second-order valence-electron chi connectivity index (χ2n) is 5.53. The van der Waals surface area contributed by atoms with Gasteiger partial charge in [-0.15, -0.1) is 0 Å². The van der Waals surface area contributed by atoms with Crippen LogP contribution in [0.25, 0.3) is 0 Å². The first kappa shape index (κ1) is 14.6. The molecule has 0 unspecified atom stereocenters. The predicted octanol–water partition coefficient (Wildman–Crippen LogP) is 1.30. The fourth-order valence-electron chi connectivity index (χ4n) is 1.43. The third-order valence-electron chi connectivity index (χ3n) is 3.03. The van der Waals surface area contributed by atoms with Crippen molar-refractivity contribution in [2.45, 2.75) is 52.7 Å². The van der Waals surface area contributed by atoms with Crippen LogP contribution in [0.15, 0.2) is 4.52 Å². The van der Waals surface area contributed by atoms with Crippen LogP contribution in [0, 0.1) is 5.92 Å². The van der Waals surface area contributed by atoms with Gasteiger partial charge < -0.3 is 14.9 Å². The minimum atomic E-state index is -1.18. The quantitative estimate of drug-likeness (QED) is 0.846. The number of hydrogen-bond acceptors (Lipinski definition) is 5. The van der Waals surface area contributed by atoms with Crippen molar-refractivity contribution in [2.24, 2.45) is 5.92 Å². The van der Waals surface area contributed by atoms with E-state index in [2.05, 4.69) is 15.5 Å². The molecule has 0 aliphatic carbocycles. The lowest BCUT2D eigenvalue weighted by molar-refractivity contribution is -0.120. The molecular formula is C12H21N3O3. The highest BCUT2D eigenvalue weighted by Crippen LogP contribution is 2.29. The van der Waals surface area contributed by atoms with Crippen molar-refractivity contribution >= 4 is 5.91 Å². The second-order valence-corrected chi connectivity index (χ2v) is 5.53. The van der Waals surface area contributed by atoms with Crippen LogP contribution < -0.4 is 5.32 Å². The molecule has 102 valence electrons. The zero-order valence-corrected chi connectivity index (χ0v) is 11.7. The number of aliphatic hydroxyl groups is 1. The lowest BCUT2D eigenvalue weighted by Gasteiger charge is -2.23. The predicted molar refractivity (Wildman–Crippen MR) is 65.5 cm³/mol. The Morgan fingerprint density at radius 1 is 1.39 bits per heavy atom. The molecule has 18 heavy (non-hydrogen) atoms. The number of amides is 1. The minimum Gasteiger partial charge on any atom is -0.380 e. The smallest absolute Gasteiger partial charge is 0.258 e. The second kappa shape index (κ2) is 4.68. The number of rotatable bonds is 4. The van der Waals surface area contributed by atoms with Crippen molar-refractivity contribution in [1.29, 1.82) is 0 Å². The normalized spacial score (nSPS) is 15.6. The number of nitrogens with one attached hydrogen (secondary N) is 1. The number of aromatic nitrogens is 2. The van der Waals surface area contributed by atoms with Crippen molar-refractivity contribution in [3.8, 4) is 0 Å². The van der Waals surface area contributed by atoms with Gasteiger partial charge in [0.1, 0.15) is 5.60 Å². The van der Waals surface area contributed by atoms with Gasteiger partial charge in [0.2, 0.25) is 5.91 Å². The topological polar surface area (TPSA) is 88.2 Å². The molecular weight excluding hydrogens is 234 g/mol. The van der Waals surface area contributed by atoms with Crippen molar-refractivity contribution in [3.63, 3.8) is 0 Å². The average Bonchev–Trinajstić information content (AvgIpc) is 2.64. The number of carbonyl (C=O) groups excluding carboxylic acids is 1. The maximum atomic E-state index is 11.1. The highest BCUT2D eigenvalue weighted by molar-refractivity contribution is 5.73. The van der Waals surface area contributed by atoms with Crippen molar-refractivity contribution < 1.29 is 14.4 Å². The molecule has 1 aromatic rings. The standard InChI is InChI=1S/C12H21N3O3/c1-7(2)12(6,17)10-13-9(15-18-10)11(4,5)14-8(3)16/h7,17H,1-6H3,(H,14,16)/t12-/m1/s1. The van der Waals surface area contributed by atoms with E-state index in [4.69, 9.17) is 4.52 Å². The van der Waals surface area contributed by atoms with E-state index in [9.17, 15) is 9.90 Å². The number of nitrogens with zero attached hydrogens (tertiary/aromatic N) is 2. The Bertz CT molecular complexity index is 436. The monoisotopic (exact) mass is 255 g/mol. The summed E-state index contributed by atoms with van der Waals surface area (Å²) in [5, 5.41) is 16.8. The molecule has 0 saturated carbocycles. The summed E-state index contributed by atoms with van der Waals surface area (Å²) in [5.74, 6) is 0.260. The zero-order valence-electron chi connectivity index (χ0n) is 11.7. The molecule has 0 aliphatic heterocycles. The molecule has 1 rings (SSSR count). The fourth-order valence-corrected chi connectivity index (χ4v) is 1.43. The first-order chi connectivity index (χ1) is 8.07. The van der Waals surface area contributed by atoms with Crippen LogP contribution in [-0.2, 0) is 15.9 Å². The van der Waals surface area contributed by atoms with Crippen LogP contribution in [0.5, 0.6) is 0 Å². The first-order valence-corrected chi connectivity index (χ1v) is 5.93. The lowest BCUT2D eigenvalue weighted by Crippen LogP contribution is -2.40. The molecule has 6 heteroatoms. The zero-order chi connectivity index (χ0) is 14.1. The molecule has 0 bridgehead atoms. The Morgan fingerprint density at radius 2 is 1.94 bits per heavy atom. The maximum Gasteiger partial charge on any atom is 0.258 e. The third kappa shape index (κ3) is 2.87. The molecule has 1 amide bonds. The molecule has 0 saturated heterocycles. The molecule has 0 fully saturated rings. The lowest BCUT2D eigenvalue weighted by atomic mass is 9.92. The molecule has 1 aromatic heterocycles. The molecule has 0 aliphatic rings. The van der Waals surface area contributed by atoms with Crippen LogP contribution in [0.3, 0.4) is 0 Å². The largest absolute Gasteiger partial charge is 0.380 e. The van der Waals surface area contributed by atoms with Crippen molar-refractivity contribution in [3.05, 3.63) is 11.7 Å². The van der Waals surface area contributed by atoms with Gasteiger partial charge in [0, 0.05) is 6.92 Å². The van der Waals surface area contributed by atoms with E-state index in [0.717, 1.165) is 0 Å². The Balaban J connectivity index is 3.03. The van der Waals surface area contributed by atoms with Gasteiger partial charge in [-0.05, 0) is 26.7 Å². The Morgan fingerprint density at radius 3 is 2.39 bits per heavy atom. The maximum absolute atomic E-state index is 11.1. The summed E-state index contributed by atoms with van der Waals surface area (Å²) in [6.07, 6.45) is 0. The van der Waals surface area contributed by atoms with Crippen molar-refractivity contribution in [2.75, 3.05) is 0 Å². The van der Waals surface area contributed by atoms with Gasteiger partial charge in [-0.1, -0.05) is 19.0 Å². The van der Waals surface area contributed by atoms with E-state index < -0.39 is 11.1 Å². The van der Waals surface area contributed by atoms with Crippen LogP contribution >= 0.6 is 0 Å². The van der Waals surface area contributed by atoms with Crippen molar-refractivity contribution in [1.82, 2.24) is 15.5 Å². The van der Waals surface area contributed by atoms with E-state index in [1.165, 1.54) is 6.92 Å². The Hall–Kier alpha value is -1.43. The van der Waals surface area contributed by atoms with Gasteiger partial charge in [-0.25, -0.2) is 0 Å². The first-order valence-electron chi connectivity index (χ1n) is 5.93. The van der Waals surface area contributed by atoms with Crippen LogP contribution in [-0.4, -0.2) is 21.2 Å². The average molecular weight is 255 g/mol. The Kier molecular flexibility index (Phi) is 3.81. The van der Waals surface area contributed by atoms with E-state index in [0.29, 0.717) is 5.82 Å². The summed E-state index contributed by atoms with van der Waals surface area (Å²) in [7, 11) is 0. The summed E-state index contributed by atoms with van der Waals surface area (Å²) < 4.78 is 5.10. The van der Waals surface area contributed by atoms with E-state index in [1.54, 1.807) is 20.8 Å². The highest BCUT2D eigenvalue weighted by atomic mass is 16.5. The summed E-state index contributed by atoms with van der Waals surface area (Å²) >= 11 is 0. The van der Waals surface area contributed by atoms with Gasteiger partial charge in [0.25, 0.3) is 5.89 Å². The van der Waals surface area contributed by atoms with Gasteiger partial charge in [-0.2, -0.15) is 4.98 Å². The van der Waals surface area contributed by atoms with Gasteiger partial charge in [-0.3, -0.25) is 4.79 Å². The minimum absolute atomic E-state index is 0.0605. The molecule has 2 N–H and O–H groups in total. The molecule has 1 heterocycles. The molecule has 1 atom stereocenters.